The van der Waals surface area contributed by atoms with Crippen LogP contribution >= 0.6 is 11.3 Å². The summed E-state index contributed by atoms with van der Waals surface area (Å²) in [7, 11) is 0. The summed E-state index contributed by atoms with van der Waals surface area (Å²) >= 11 is 1.47. The molecular formula is C20H18N2O3S. The van der Waals surface area contributed by atoms with Crippen molar-refractivity contribution < 1.29 is 14.3 Å². The summed E-state index contributed by atoms with van der Waals surface area (Å²) in [5, 5.41) is 13.0. The number of nitriles is 1. The molecule has 1 aromatic carbocycles. The molecule has 26 heavy (non-hydrogen) atoms. The fourth-order valence-electron chi connectivity index (χ4n) is 3.67. The average Bonchev–Trinajstić information content (AvgIpc) is 2.98. The summed E-state index contributed by atoms with van der Waals surface area (Å²) in [5.41, 5.74) is 1.64. The van der Waals surface area contributed by atoms with Gasteiger partial charge in [0.15, 0.2) is 5.60 Å². The molecule has 1 unspecified atom stereocenters. The highest BCUT2D eigenvalue weighted by Crippen LogP contribution is 2.38. The monoisotopic (exact) mass is 366 g/mol. The van der Waals surface area contributed by atoms with Gasteiger partial charge < -0.3 is 10.1 Å². The second-order valence-electron chi connectivity index (χ2n) is 6.94. The van der Waals surface area contributed by atoms with E-state index in [-0.39, 0.29) is 0 Å². The van der Waals surface area contributed by atoms with Crippen molar-refractivity contribution in [1.82, 2.24) is 0 Å². The third-order valence-corrected chi connectivity index (χ3v) is 6.28. The molecule has 2 heterocycles. The number of carbonyl (C=O) groups is 2. The van der Waals surface area contributed by atoms with Crippen LogP contribution in [0.5, 0.6) is 0 Å². The standard InChI is InChI=1S/C20H18N2O3S/c1-20(10-12-6-2-3-7-13(12)18(23)25-20)19(24)22-17-15(11-21)14-8-4-5-9-16(14)26-17/h2-3,6-7H,4-5,8-10H2,1H3,(H,22,24). The zero-order valence-electron chi connectivity index (χ0n) is 14.4. The first-order valence-electron chi connectivity index (χ1n) is 8.69. The number of nitrogens with one attached hydrogen (secondary N) is 1. The number of esters is 1. The Hall–Kier alpha value is -2.65. The second-order valence-corrected chi connectivity index (χ2v) is 8.04. The lowest BCUT2D eigenvalue weighted by Gasteiger charge is -2.32. The van der Waals surface area contributed by atoms with E-state index in [1.54, 1.807) is 19.1 Å². The number of anilines is 1. The number of amides is 1. The molecule has 1 aliphatic heterocycles. The minimum atomic E-state index is -1.29. The van der Waals surface area contributed by atoms with Crippen molar-refractivity contribution in [2.75, 3.05) is 5.32 Å². The topological polar surface area (TPSA) is 79.2 Å². The smallest absolute Gasteiger partial charge is 0.339 e. The van der Waals surface area contributed by atoms with Crippen LogP contribution < -0.4 is 5.32 Å². The van der Waals surface area contributed by atoms with E-state index in [1.807, 2.05) is 12.1 Å². The third-order valence-electron chi connectivity index (χ3n) is 5.07. The maximum atomic E-state index is 12.9. The summed E-state index contributed by atoms with van der Waals surface area (Å²) in [6.07, 6.45) is 4.32. The van der Waals surface area contributed by atoms with Gasteiger partial charge in [-0.2, -0.15) is 5.26 Å². The molecule has 132 valence electrons. The van der Waals surface area contributed by atoms with Gasteiger partial charge >= 0.3 is 5.97 Å². The number of rotatable bonds is 2. The van der Waals surface area contributed by atoms with Gasteiger partial charge in [-0.1, -0.05) is 18.2 Å². The summed E-state index contributed by atoms with van der Waals surface area (Å²) < 4.78 is 5.48. The number of hydrogen-bond acceptors (Lipinski definition) is 5. The van der Waals surface area contributed by atoms with Crippen LogP contribution in [0.2, 0.25) is 0 Å². The average molecular weight is 366 g/mol. The van der Waals surface area contributed by atoms with Crippen molar-refractivity contribution in [3.63, 3.8) is 0 Å². The van der Waals surface area contributed by atoms with E-state index < -0.39 is 17.5 Å². The van der Waals surface area contributed by atoms with E-state index in [1.165, 1.54) is 16.2 Å². The quantitative estimate of drug-likeness (QED) is 0.824. The van der Waals surface area contributed by atoms with Crippen LogP contribution in [0.3, 0.4) is 0 Å². The summed E-state index contributed by atoms with van der Waals surface area (Å²) in [6, 6.07) is 9.40. The number of fused-ring (bicyclic) bond motifs is 2. The van der Waals surface area contributed by atoms with Gasteiger partial charge in [-0.05, 0) is 49.8 Å². The van der Waals surface area contributed by atoms with Crippen molar-refractivity contribution in [3.05, 3.63) is 51.4 Å². The second kappa shape index (κ2) is 6.26. The minimum Gasteiger partial charge on any atom is -0.445 e. The fourth-order valence-corrected chi connectivity index (χ4v) is 4.90. The highest BCUT2D eigenvalue weighted by molar-refractivity contribution is 7.16. The Bertz CT molecular complexity index is 956. The summed E-state index contributed by atoms with van der Waals surface area (Å²) in [4.78, 5) is 26.4. The molecular weight excluding hydrogens is 348 g/mol. The Morgan fingerprint density at radius 3 is 2.88 bits per heavy atom. The molecule has 2 aliphatic rings. The number of hydrogen-bond donors (Lipinski definition) is 1. The van der Waals surface area contributed by atoms with Gasteiger partial charge in [-0.15, -0.1) is 11.3 Å². The van der Waals surface area contributed by atoms with E-state index >= 15 is 0 Å². The van der Waals surface area contributed by atoms with Crippen molar-refractivity contribution >= 4 is 28.2 Å². The number of thiophene rings is 1. The van der Waals surface area contributed by atoms with Crippen molar-refractivity contribution in [1.29, 1.82) is 5.26 Å². The zero-order valence-corrected chi connectivity index (χ0v) is 15.2. The molecule has 0 radical (unpaired) electrons. The lowest BCUT2D eigenvalue weighted by molar-refractivity contribution is -0.134. The highest BCUT2D eigenvalue weighted by Gasteiger charge is 2.43. The van der Waals surface area contributed by atoms with Crippen LogP contribution in [0.25, 0.3) is 0 Å². The Balaban J connectivity index is 1.62. The fraction of sp³-hybridized carbons (Fsp3) is 0.350. The molecule has 2 aromatic rings. The Morgan fingerprint density at radius 1 is 1.31 bits per heavy atom. The minimum absolute atomic E-state index is 0.313. The third kappa shape index (κ3) is 2.69. The predicted octanol–water partition coefficient (Wildman–Crippen LogP) is 3.61. The molecule has 1 aromatic heterocycles. The summed E-state index contributed by atoms with van der Waals surface area (Å²) in [6.45, 7) is 1.62. The van der Waals surface area contributed by atoms with Crippen LogP contribution in [0.1, 0.15) is 51.7 Å². The van der Waals surface area contributed by atoms with Gasteiger partial charge in [-0.25, -0.2) is 4.79 Å². The van der Waals surface area contributed by atoms with E-state index in [2.05, 4.69) is 11.4 Å². The maximum absolute atomic E-state index is 12.9. The molecule has 5 nitrogen and oxygen atoms in total. The van der Waals surface area contributed by atoms with Crippen molar-refractivity contribution in [2.24, 2.45) is 0 Å². The van der Waals surface area contributed by atoms with Crippen LogP contribution in [-0.4, -0.2) is 17.5 Å². The SMILES string of the molecule is CC1(C(=O)Nc2sc3c(c2C#N)CCCC3)Cc2ccccc2C(=O)O1. The maximum Gasteiger partial charge on any atom is 0.339 e. The molecule has 1 aliphatic carbocycles. The molecule has 1 N–H and O–H groups in total. The number of ether oxygens (including phenoxy) is 1. The largest absolute Gasteiger partial charge is 0.445 e. The van der Waals surface area contributed by atoms with Gasteiger partial charge in [-0.3, -0.25) is 4.79 Å². The highest BCUT2D eigenvalue weighted by atomic mass is 32.1. The molecule has 1 amide bonds. The lowest BCUT2D eigenvalue weighted by atomic mass is 9.89. The van der Waals surface area contributed by atoms with Gasteiger partial charge in [0.1, 0.15) is 11.1 Å². The Labute approximate surface area is 155 Å². The Morgan fingerprint density at radius 2 is 2.08 bits per heavy atom. The molecule has 0 spiro atoms. The molecule has 0 bridgehead atoms. The molecule has 6 heteroatoms. The van der Waals surface area contributed by atoms with Crippen LogP contribution in [0.4, 0.5) is 5.00 Å². The first-order valence-corrected chi connectivity index (χ1v) is 9.51. The molecule has 0 saturated carbocycles. The van der Waals surface area contributed by atoms with Crippen molar-refractivity contribution in [3.8, 4) is 6.07 Å². The number of cyclic esters (lactones) is 1. The van der Waals surface area contributed by atoms with E-state index in [4.69, 9.17) is 4.74 Å². The number of nitrogens with zero attached hydrogens (tertiary/aromatic N) is 1. The first-order chi connectivity index (χ1) is 12.5. The molecule has 0 fully saturated rings. The number of benzene rings is 1. The van der Waals surface area contributed by atoms with Gasteiger partial charge in [0.05, 0.1) is 11.1 Å². The van der Waals surface area contributed by atoms with E-state index in [0.717, 1.165) is 36.8 Å². The van der Waals surface area contributed by atoms with Crippen LogP contribution in [0, 0.1) is 11.3 Å². The van der Waals surface area contributed by atoms with Gasteiger partial charge in [0, 0.05) is 11.3 Å². The van der Waals surface area contributed by atoms with Gasteiger partial charge in [0.25, 0.3) is 5.91 Å². The van der Waals surface area contributed by atoms with Crippen LogP contribution in [-0.2, 0) is 28.8 Å². The zero-order chi connectivity index (χ0) is 18.3. The molecule has 0 saturated heterocycles. The summed E-state index contributed by atoms with van der Waals surface area (Å²) in [5.74, 6) is -0.883. The van der Waals surface area contributed by atoms with Crippen molar-refractivity contribution in [2.45, 2.75) is 44.6 Å². The lowest BCUT2D eigenvalue weighted by Crippen LogP contribution is -2.48. The predicted molar refractivity (Wildman–Crippen MR) is 98.3 cm³/mol. The number of aryl methyl sites for hydroxylation is 1. The van der Waals surface area contributed by atoms with Gasteiger partial charge in [0.2, 0.25) is 0 Å². The Kier molecular flexibility index (Phi) is 4.04. The van der Waals surface area contributed by atoms with Crippen LogP contribution in [0.15, 0.2) is 24.3 Å². The number of carbonyl (C=O) groups excluding carboxylic acids is 2. The first kappa shape index (κ1) is 16.8. The molecule has 1 atom stereocenters. The normalized spacial score (nSPS) is 21.2. The van der Waals surface area contributed by atoms with E-state index in [9.17, 15) is 14.9 Å². The van der Waals surface area contributed by atoms with E-state index in [0.29, 0.717) is 22.5 Å². The molecule has 4 rings (SSSR count).